The minimum Gasteiger partial charge on any atom is -0.348 e. The van der Waals surface area contributed by atoms with Gasteiger partial charge in [-0.1, -0.05) is 85.4 Å². The van der Waals surface area contributed by atoms with Gasteiger partial charge < -0.3 is 26.2 Å². The molecule has 13 heteroatoms. The van der Waals surface area contributed by atoms with Crippen LogP contribution in [0.4, 0.5) is 4.79 Å². The second-order valence-electron chi connectivity index (χ2n) is 16.1. The summed E-state index contributed by atoms with van der Waals surface area (Å²) in [6, 6.07) is 4.47. The van der Waals surface area contributed by atoms with Gasteiger partial charge in [0.15, 0.2) is 9.84 Å². The number of amides is 5. The fraction of sp³-hybridized carbons (Fsp3) is 0.658. The van der Waals surface area contributed by atoms with Crippen molar-refractivity contribution >= 4 is 39.4 Å². The van der Waals surface area contributed by atoms with Crippen LogP contribution in [0, 0.1) is 35.0 Å². The average Bonchev–Trinajstić information content (AvgIpc) is 3.37. The fourth-order valence-electron chi connectivity index (χ4n) is 7.95. The normalized spacial score (nSPS) is 23.1. The average molecular weight is 726 g/mol. The zero-order valence-corrected chi connectivity index (χ0v) is 31.7. The van der Waals surface area contributed by atoms with Crippen LogP contribution in [0.5, 0.6) is 0 Å². The summed E-state index contributed by atoms with van der Waals surface area (Å²) in [5.74, 6) is -0.576. The predicted octanol–water partition coefficient (Wildman–Crippen LogP) is 3.35. The standard InChI is InChI=1S/C38H55N5O7S/c1-8-10-22-39-33(46)30(44)27(17-9-2)40-32(45)29-28-26(37(28,6)7)23-43(29)34(47)31(36(3,4)5)41-35(48)42-38(20-15-12-16-21-38)24-51(49,50)25-18-13-11-14-19-25/h1,11,13-14,18-19,26-29,31H,9-10,12,15-17,20-24H2,2-7H3,(H,39,46)(H,40,45)(H2,41,42,48)/t26-,27?,28-,29-,31+/m0/s1. The summed E-state index contributed by atoms with van der Waals surface area (Å²) in [6.07, 6.45) is 9.67. The molecule has 0 bridgehead atoms. The Balaban J connectivity index is 1.54. The Bertz CT molecular complexity index is 1620. The molecule has 0 spiro atoms. The van der Waals surface area contributed by atoms with Gasteiger partial charge in [0.25, 0.3) is 5.91 Å². The number of urea groups is 1. The summed E-state index contributed by atoms with van der Waals surface area (Å²) >= 11 is 0. The van der Waals surface area contributed by atoms with Crippen molar-refractivity contribution in [2.45, 2.75) is 121 Å². The van der Waals surface area contributed by atoms with E-state index in [0.717, 1.165) is 19.3 Å². The highest BCUT2D eigenvalue weighted by atomic mass is 32.2. The van der Waals surface area contributed by atoms with E-state index >= 15 is 0 Å². The zero-order chi connectivity index (χ0) is 37.8. The second-order valence-corrected chi connectivity index (χ2v) is 18.1. The van der Waals surface area contributed by atoms with Crippen LogP contribution in [0.3, 0.4) is 0 Å². The summed E-state index contributed by atoms with van der Waals surface area (Å²) < 4.78 is 26.9. The molecular formula is C38H55N5O7S. The monoisotopic (exact) mass is 725 g/mol. The zero-order valence-electron chi connectivity index (χ0n) is 30.8. The Morgan fingerprint density at radius 1 is 1.02 bits per heavy atom. The highest BCUT2D eigenvalue weighted by Crippen LogP contribution is 2.65. The summed E-state index contributed by atoms with van der Waals surface area (Å²) in [4.78, 5) is 69.7. The van der Waals surface area contributed by atoms with Crippen LogP contribution in [0.1, 0.15) is 92.9 Å². The molecule has 4 N–H and O–H groups in total. The SMILES string of the molecule is C#CCCNC(=O)C(=O)C(CCC)NC(=O)[C@@H]1[C@@H]2[C@H](CN1C(=O)[C@@H](NC(=O)NC1(CS(=O)(=O)c3ccccc3)CCCCC1)C(C)(C)C)C2(C)C. The number of hydrogen-bond donors (Lipinski definition) is 4. The van der Waals surface area contributed by atoms with Gasteiger partial charge >= 0.3 is 6.03 Å². The van der Waals surface area contributed by atoms with Gasteiger partial charge in [0.2, 0.25) is 17.6 Å². The van der Waals surface area contributed by atoms with Crippen LogP contribution in [0.2, 0.25) is 0 Å². The summed E-state index contributed by atoms with van der Waals surface area (Å²) in [6.45, 7) is 11.8. The third-order valence-electron chi connectivity index (χ3n) is 10.9. The largest absolute Gasteiger partial charge is 0.348 e. The molecule has 1 aromatic carbocycles. The molecule has 5 atom stereocenters. The van der Waals surface area contributed by atoms with Crippen LogP contribution in [0.25, 0.3) is 0 Å². The molecule has 12 nitrogen and oxygen atoms in total. The van der Waals surface area contributed by atoms with Crippen molar-refractivity contribution < 1.29 is 32.4 Å². The molecular weight excluding hydrogens is 671 g/mol. The van der Waals surface area contributed by atoms with Crippen LogP contribution >= 0.6 is 0 Å². The van der Waals surface area contributed by atoms with Gasteiger partial charge in [0, 0.05) is 19.5 Å². The van der Waals surface area contributed by atoms with Gasteiger partial charge in [0.05, 0.1) is 22.2 Å². The molecule has 3 fully saturated rings. The molecule has 3 aliphatic rings. The number of ketones is 1. The number of carbonyl (C=O) groups is 5. The highest BCUT2D eigenvalue weighted by molar-refractivity contribution is 7.91. The molecule has 2 saturated carbocycles. The van der Waals surface area contributed by atoms with E-state index in [4.69, 9.17) is 6.42 Å². The van der Waals surface area contributed by atoms with E-state index in [2.05, 4.69) is 27.2 Å². The third-order valence-corrected chi connectivity index (χ3v) is 12.8. The Morgan fingerprint density at radius 2 is 1.67 bits per heavy atom. The smallest absolute Gasteiger partial charge is 0.315 e. The maximum atomic E-state index is 14.5. The van der Waals surface area contributed by atoms with Crippen molar-refractivity contribution in [2.75, 3.05) is 18.8 Å². The molecule has 1 aliphatic heterocycles. The van der Waals surface area contributed by atoms with Crippen molar-refractivity contribution in [3.63, 3.8) is 0 Å². The number of nitrogens with one attached hydrogen (secondary N) is 4. The first-order valence-corrected chi connectivity index (χ1v) is 19.8. The van der Waals surface area contributed by atoms with Gasteiger partial charge in [0.1, 0.15) is 12.1 Å². The molecule has 0 radical (unpaired) electrons. The lowest BCUT2D eigenvalue weighted by molar-refractivity contribution is -0.145. The first-order valence-electron chi connectivity index (χ1n) is 18.1. The fourth-order valence-corrected chi connectivity index (χ4v) is 9.78. The summed E-state index contributed by atoms with van der Waals surface area (Å²) in [5, 5.41) is 11.1. The van der Waals surface area contributed by atoms with E-state index in [1.165, 1.54) is 4.90 Å². The van der Waals surface area contributed by atoms with E-state index < -0.39 is 68.5 Å². The molecule has 1 unspecified atom stereocenters. The summed E-state index contributed by atoms with van der Waals surface area (Å²) in [5.41, 5.74) is -2.03. The van der Waals surface area contributed by atoms with Gasteiger partial charge in [-0.25, -0.2) is 13.2 Å². The van der Waals surface area contributed by atoms with Crippen molar-refractivity contribution in [2.24, 2.45) is 22.7 Å². The number of nitrogens with zero attached hydrogens (tertiary/aromatic N) is 1. The van der Waals surface area contributed by atoms with Crippen molar-refractivity contribution in [3.05, 3.63) is 30.3 Å². The summed E-state index contributed by atoms with van der Waals surface area (Å²) in [7, 11) is -3.73. The number of piperidine rings is 1. The first-order chi connectivity index (χ1) is 23.9. The van der Waals surface area contributed by atoms with E-state index in [1.54, 1.807) is 30.3 Å². The maximum absolute atomic E-state index is 14.5. The number of sulfone groups is 1. The number of Topliss-reactive ketones (excluding diaryl/α,β-unsaturated/α-hetero) is 1. The Morgan fingerprint density at radius 3 is 2.25 bits per heavy atom. The number of terminal acetylenes is 1. The van der Waals surface area contributed by atoms with Gasteiger partial charge in [-0.3, -0.25) is 19.2 Å². The van der Waals surface area contributed by atoms with Crippen LogP contribution < -0.4 is 21.3 Å². The lowest BCUT2D eigenvalue weighted by Crippen LogP contribution is -2.63. The molecule has 0 aromatic heterocycles. The Kier molecular flexibility index (Phi) is 12.3. The van der Waals surface area contributed by atoms with Crippen LogP contribution in [0.15, 0.2) is 35.2 Å². The number of carbonyl (C=O) groups excluding carboxylic acids is 5. The minimum atomic E-state index is -3.73. The minimum absolute atomic E-state index is 0.0349. The topological polar surface area (TPSA) is 171 Å². The number of benzene rings is 1. The highest BCUT2D eigenvalue weighted by Gasteiger charge is 2.70. The lowest BCUT2D eigenvalue weighted by Gasteiger charge is -2.40. The van der Waals surface area contributed by atoms with E-state index in [0.29, 0.717) is 25.8 Å². The van der Waals surface area contributed by atoms with Crippen molar-refractivity contribution in [3.8, 4) is 12.3 Å². The van der Waals surface area contributed by atoms with E-state index in [1.807, 2.05) is 41.5 Å². The number of rotatable bonds is 14. The maximum Gasteiger partial charge on any atom is 0.315 e. The van der Waals surface area contributed by atoms with Crippen LogP contribution in [-0.2, 0) is 29.0 Å². The second kappa shape index (κ2) is 15.8. The molecule has 1 aromatic rings. The molecule has 1 heterocycles. The number of fused-ring (bicyclic) bond motifs is 1. The third kappa shape index (κ3) is 9.12. The number of likely N-dealkylation sites (tertiary alicyclic amines) is 1. The Hall–Kier alpha value is -3.92. The van der Waals surface area contributed by atoms with E-state index in [9.17, 15) is 32.4 Å². The molecule has 4 rings (SSSR count). The lowest BCUT2D eigenvalue weighted by atomic mass is 9.83. The Labute approximate surface area is 302 Å². The quantitative estimate of drug-likeness (QED) is 0.130. The first kappa shape index (κ1) is 39.9. The molecule has 280 valence electrons. The van der Waals surface area contributed by atoms with Crippen molar-refractivity contribution in [1.29, 1.82) is 0 Å². The van der Waals surface area contributed by atoms with Gasteiger partial charge in [-0.15, -0.1) is 12.3 Å². The number of hydrogen-bond acceptors (Lipinski definition) is 7. The van der Waals surface area contributed by atoms with E-state index in [-0.39, 0.29) is 47.3 Å². The van der Waals surface area contributed by atoms with Crippen molar-refractivity contribution in [1.82, 2.24) is 26.2 Å². The van der Waals surface area contributed by atoms with Gasteiger partial charge in [-0.2, -0.15) is 0 Å². The predicted molar refractivity (Wildman–Crippen MR) is 194 cm³/mol. The molecule has 1 saturated heterocycles. The molecule has 2 aliphatic carbocycles. The van der Waals surface area contributed by atoms with Crippen LogP contribution in [-0.4, -0.2) is 85.4 Å². The molecule has 5 amide bonds. The molecule has 51 heavy (non-hydrogen) atoms. The van der Waals surface area contributed by atoms with Gasteiger partial charge in [-0.05, 0) is 54.1 Å².